The number of piperidine rings is 2. The highest BCUT2D eigenvalue weighted by molar-refractivity contribution is 6.04. The highest BCUT2D eigenvalue weighted by Crippen LogP contribution is 2.38. The van der Waals surface area contributed by atoms with Crippen LogP contribution in [0.4, 0.5) is 15.8 Å². The highest BCUT2D eigenvalue weighted by Gasteiger charge is 2.37. The lowest BCUT2D eigenvalue weighted by Gasteiger charge is -2.48. The van der Waals surface area contributed by atoms with Crippen LogP contribution < -0.4 is 20.4 Å². The molecular weight excluding hydrogens is 565 g/mol. The van der Waals surface area contributed by atoms with Gasteiger partial charge in [0.05, 0.1) is 11.1 Å². The van der Waals surface area contributed by atoms with Gasteiger partial charge in [-0.05, 0) is 73.1 Å². The lowest BCUT2D eigenvalue weighted by Crippen LogP contribution is -2.53. The molecule has 10 nitrogen and oxygen atoms in total. The smallest absolute Gasteiger partial charge is 0.335 e. The number of carbonyl (C=O) groups is 4. The SMILES string of the molecule is CC(C)(C)C1CC(CN2CCN(c3ccc(C(=O)NC4CCC(=O)NC4=O)c(F)c3)CC2)CCN1c1ccc(C(=O)O)cc1. The van der Waals surface area contributed by atoms with Crippen LogP contribution in [0.1, 0.15) is 67.2 Å². The molecule has 3 N–H and O–H groups in total. The van der Waals surface area contributed by atoms with Gasteiger partial charge in [0.15, 0.2) is 0 Å². The van der Waals surface area contributed by atoms with Gasteiger partial charge in [0.25, 0.3) is 5.91 Å². The molecule has 11 heteroatoms. The molecular formula is C33H42FN5O5. The summed E-state index contributed by atoms with van der Waals surface area (Å²) in [6, 6.07) is 11.2. The summed E-state index contributed by atoms with van der Waals surface area (Å²) < 4.78 is 15.0. The number of nitrogens with zero attached hydrogens (tertiary/aromatic N) is 3. The van der Waals surface area contributed by atoms with Crippen LogP contribution in [0.2, 0.25) is 0 Å². The number of benzene rings is 2. The molecule has 0 spiro atoms. The summed E-state index contributed by atoms with van der Waals surface area (Å²) in [5.41, 5.74) is 2.00. The van der Waals surface area contributed by atoms with E-state index in [2.05, 4.69) is 46.1 Å². The van der Waals surface area contributed by atoms with Crippen molar-refractivity contribution in [2.75, 3.05) is 49.1 Å². The van der Waals surface area contributed by atoms with Gasteiger partial charge in [0.1, 0.15) is 11.9 Å². The molecule has 3 fully saturated rings. The fourth-order valence-corrected chi connectivity index (χ4v) is 6.64. The van der Waals surface area contributed by atoms with E-state index in [1.54, 1.807) is 18.2 Å². The predicted molar refractivity (Wildman–Crippen MR) is 165 cm³/mol. The third-order valence-electron chi connectivity index (χ3n) is 9.15. The number of hydrogen-bond donors (Lipinski definition) is 3. The summed E-state index contributed by atoms with van der Waals surface area (Å²) in [6.07, 6.45) is 2.43. The van der Waals surface area contributed by atoms with Crippen molar-refractivity contribution in [3.63, 3.8) is 0 Å². The minimum Gasteiger partial charge on any atom is -0.478 e. The van der Waals surface area contributed by atoms with Crippen LogP contribution in [0, 0.1) is 17.2 Å². The number of anilines is 2. The molecule has 3 atom stereocenters. The van der Waals surface area contributed by atoms with E-state index in [0.29, 0.717) is 17.5 Å². The summed E-state index contributed by atoms with van der Waals surface area (Å²) in [5, 5.41) is 14.0. The summed E-state index contributed by atoms with van der Waals surface area (Å²) in [7, 11) is 0. The number of piperazine rings is 1. The van der Waals surface area contributed by atoms with E-state index in [1.165, 1.54) is 12.1 Å². The van der Waals surface area contributed by atoms with Crippen LogP contribution in [0.3, 0.4) is 0 Å². The Kier molecular flexibility index (Phi) is 9.24. The molecule has 0 bridgehead atoms. The average molecular weight is 608 g/mol. The normalized spacial score (nSPS) is 23.3. The van der Waals surface area contributed by atoms with Crippen LogP contribution >= 0.6 is 0 Å². The van der Waals surface area contributed by atoms with Gasteiger partial charge in [-0.2, -0.15) is 0 Å². The molecule has 0 aromatic heterocycles. The van der Waals surface area contributed by atoms with Crippen molar-refractivity contribution in [3.8, 4) is 0 Å². The van der Waals surface area contributed by atoms with E-state index in [-0.39, 0.29) is 29.7 Å². The van der Waals surface area contributed by atoms with Gasteiger partial charge < -0.3 is 20.2 Å². The van der Waals surface area contributed by atoms with E-state index in [1.807, 2.05) is 12.1 Å². The fourth-order valence-electron chi connectivity index (χ4n) is 6.64. The second-order valence-electron chi connectivity index (χ2n) is 13.2. The fraction of sp³-hybridized carbons (Fsp3) is 0.515. The number of nitrogens with one attached hydrogen (secondary N) is 2. The van der Waals surface area contributed by atoms with Crippen LogP contribution in [-0.2, 0) is 9.59 Å². The van der Waals surface area contributed by atoms with Gasteiger partial charge >= 0.3 is 5.97 Å². The Morgan fingerprint density at radius 1 is 0.977 bits per heavy atom. The Hall–Kier alpha value is -3.99. The second-order valence-corrected chi connectivity index (χ2v) is 13.2. The number of amides is 3. The number of rotatable bonds is 7. The number of hydrogen-bond acceptors (Lipinski definition) is 7. The maximum absolute atomic E-state index is 15.0. The van der Waals surface area contributed by atoms with E-state index < -0.39 is 29.6 Å². The molecule has 0 saturated carbocycles. The van der Waals surface area contributed by atoms with E-state index in [9.17, 15) is 24.3 Å². The lowest BCUT2D eigenvalue weighted by molar-refractivity contribution is -0.134. The van der Waals surface area contributed by atoms with Crippen molar-refractivity contribution in [3.05, 3.63) is 59.4 Å². The van der Waals surface area contributed by atoms with Gasteiger partial charge in [0, 0.05) is 63.1 Å². The van der Waals surface area contributed by atoms with Crippen LogP contribution in [0.5, 0.6) is 0 Å². The molecule has 3 saturated heterocycles. The molecule has 44 heavy (non-hydrogen) atoms. The zero-order valence-corrected chi connectivity index (χ0v) is 25.6. The number of imide groups is 1. The van der Waals surface area contributed by atoms with Crippen molar-refractivity contribution in [1.29, 1.82) is 0 Å². The van der Waals surface area contributed by atoms with Crippen molar-refractivity contribution < 1.29 is 28.7 Å². The molecule has 2 aromatic carbocycles. The van der Waals surface area contributed by atoms with Gasteiger partial charge in [-0.15, -0.1) is 0 Å². The van der Waals surface area contributed by atoms with Gasteiger partial charge in [-0.3, -0.25) is 24.6 Å². The van der Waals surface area contributed by atoms with Crippen LogP contribution in [0.25, 0.3) is 0 Å². The lowest BCUT2D eigenvalue weighted by atomic mass is 9.76. The molecule has 3 amide bonds. The van der Waals surface area contributed by atoms with Crippen LogP contribution in [-0.4, -0.2) is 85.0 Å². The molecule has 5 rings (SSSR count). The monoisotopic (exact) mass is 607 g/mol. The van der Waals surface area contributed by atoms with Crippen molar-refractivity contribution >= 4 is 35.1 Å². The Labute approximate surface area is 257 Å². The number of carbonyl (C=O) groups excluding carboxylic acids is 3. The Morgan fingerprint density at radius 2 is 1.66 bits per heavy atom. The summed E-state index contributed by atoms with van der Waals surface area (Å²) >= 11 is 0. The maximum Gasteiger partial charge on any atom is 0.335 e. The first-order valence-electron chi connectivity index (χ1n) is 15.4. The molecule has 0 aliphatic carbocycles. The first kappa shape index (κ1) is 31.4. The van der Waals surface area contributed by atoms with Crippen molar-refractivity contribution in [2.24, 2.45) is 11.3 Å². The molecule has 3 aliphatic heterocycles. The summed E-state index contributed by atoms with van der Waals surface area (Å²) in [6.45, 7) is 11.9. The topological polar surface area (TPSA) is 122 Å². The Balaban J connectivity index is 1.14. The van der Waals surface area contributed by atoms with Crippen LogP contribution in [0.15, 0.2) is 42.5 Å². The number of carboxylic acid groups (broad SMARTS) is 1. The molecule has 3 aliphatic rings. The van der Waals surface area contributed by atoms with Gasteiger partial charge in [0.2, 0.25) is 11.8 Å². The largest absolute Gasteiger partial charge is 0.478 e. The first-order valence-corrected chi connectivity index (χ1v) is 15.4. The number of carboxylic acids is 1. The van der Waals surface area contributed by atoms with Gasteiger partial charge in [-0.25, -0.2) is 9.18 Å². The third kappa shape index (κ3) is 7.20. The van der Waals surface area contributed by atoms with Gasteiger partial charge in [-0.1, -0.05) is 20.8 Å². The quantitative estimate of drug-likeness (QED) is 0.409. The molecule has 2 aromatic rings. The molecule has 236 valence electrons. The molecule has 3 heterocycles. The Bertz CT molecular complexity index is 1400. The van der Waals surface area contributed by atoms with E-state index >= 15 is 4.39 Å². The van der Waals surface area contributed by atoms with Crippen molar-refractivity contribution in [1.82, 2.24) is 15.5 Å². The number of aromatic carboxylic acids is 1. The summed E-state index contributed by atoms with van der Waals surface area (Å²) in [4.78, 5) is 54.3. The second kappa shape index (κ2) is 12.9. The molecule has 0 radical (unpaired) electrons. The van der Waals surface area contributed by atoms with E-state index in [0.717, 1.165) is 63.5 Å². The summed E-state index contributed by atoms with van der Waals surface area (Å²) in [5.74, 6) is -2.65. The minimum atomic E-state index is -0.917. The zero-order chi connectivity index (χ0) is 31.6. The number of halogens is 1. The first-order chi connectivity index (χ1) is 20.9. The highest BCUT2D eigenvalue weighted by atomic mass is 19.1. The van der Waals surface area contributed by atoms with Crippen molar-refractivity contribution in [2.45, 2.75) is 58.5 Å². The minimum absolute atomic E-state index is 0.0534. The standard InChI is InChI=1S/C33H42FN5O5/c1-33(2,3)28-18-21(12-13-39(28)23-6-4-22(5-7-23)32(43)44)20-37-14-16-38(17-15-37)24-8-9-25(26(34)19-24)30(41)35-27-10-11-29(40)36-31(27)42/h4-9,19,21,27-28H,10-18,20H2,1-3H3,(H,35,41)(H,43,44)(H,36,40,42). The average Bonchev–Trinajstić information content (AvgIpc) is 2.98. The Morgan fingerprint density at radius 3 is 2.27 bits per heavy atom. The predicted octanol–water partition coefficient (Wildman–Crippen LogP) is 3.51. The molecule has 3 unspecified atom stereocenters. The maximum atomic E-state index is 15.0. The zero-order valence-electron chi connectivity index (χ0n) is 25.6. The third-order valence-corrected chi connectivity index (χ3v) is 9.15. The van der Waals surface area contributed by atoms with E-state index in [4.69, 9.17) is 0 Å².